The Kier molecular flexibility index (Phi) is 5.13. The summed E-state index contributed by atoms with van der Waals surface area (Å²) in [6.45, 7) is 0. The monoisotopic (exact) mass is 370 g/mol. The summed E-state index contributed by atoms with van der Waals surface area (Å²) in [4.78, 5) is 2.35. The molecule has 0 aliphatic rings. The molecule has 0 unspecified atom stereocenters. The predicted octanol–water partition coefficient (Wildman–Crippen LogP) is 4.76. The van der Waals surface area contributed by atoms with Gasteiger partial charge in [0.2, 0.25) is 0 Å². The molecule has 0 nitrogen and oxygen atoms in total. The SMILES string of the molecule is Clc1ccc(C(=C[Se]c2ccccc2)c2ccccc2)cc1. The third kappa shape index (κ3) is 3.90. The molecule has 0 atom stereocenters. The van der Waals surface area contributed by atoms with Crippen LogP contribution in [-0.2, 0) is 0 Å². The first-order chi connectivity index (χ1) is 10.8. The van der Waals surface area contributed by atoms with Crippen LogP contribution in [0.15, 0.2) is 89.9 Å². The Balaban J connectivity index is 1.98. The first-order valence-corrected chi connectivity index (χ1v) is 9.28. The van der Waals surface area contributed by atoms with Crippen molar-refractivity contribution < 1.29 is 0 Å². The van der Waals surface area contributed by atoms with Crippen LogP contribution in [0.3, 0.4) is 0 Å². The van der Waals surface area contributed by atoms with Gasteiger partial charge in [0, 0.05) is 0 Å². The molecule has 3 aromatic carbocycles. The molecular weight excluding hydrogens is 355 g/mol. The van der Waals surface area contributed by atoms with Gasteiger partial charge in [-0.05, 0) is 0 Å². The molecule has 0 radical (unpaired) electrons. The summed E-state index contributed by atoms with van der Waals surface area (Å²) in [5.41, 5.74) is 3.71. The van der Waals surface area contributed by atoms with Crippen molar-refractivity contribution in [2.24, 2.45) is 0 Å². The van der Waals surface area contributed by atoms with E-state index in [1.54, 1.807) is 0 Å². The van der Waals surface area contributed by atoms with E-state index < -0.39 is 0 Å². The van der Waals surface area contributed by atoms with Crippen LogP contribution in [0.1, 0.15) is 11.1 Å². The third-order valence-electron chi connectivity index (χ3n) is 3.30. The van der Waals surface area contributed by atoms with E-state index in [9.17, 15) is 0 Å². The van der Waals surface area contributed by atoms with Gasteiger partial charge in [0.25, 0.3) is 0 Å². The van der Waals surface area contributed by atoms with Gasteiger partial charge >= 0.3 is 143 Å². The zero-order chi connectivity index (χ0) is 15.2. The number of hydrogen-bond donors (Lipinski definition) is 0. The van der Waals surface area contributed by atoms with E-state index in [1.165, 1.54) is 21.2 Å². The molecule has 0 N–H and O–H groups in total. The zero-order valence-electron chi connectivity index (χ0n) is 11.9. The van der Waals surface area contributed by atoms with Crippen LogP contribution < -0.4 is 4.46 Å². The van der Waals surface area contributed by atoms with Crippen molar-refractivity contribution in [3.8, 4) is 0 Å². The Morgan fingerprint density at radius 2 is 1.23 bits per heavy atom. The normalized spacial score (nSPS) is 11.4. The molecule has 0 bridgehead atoms. The van der Waals surface area contributed by atoms with Gasteiger partial charge in [-0.1, -0.05) is 0 Å². The van der Waals surface area contributed by atoms with Crippen molar-refractivity contribution in [1.82, 2.24) is 0 Å². The Morgan fingerprint density at radius 1 is 0.682 bits per heavy atom. The molecule has 0 aliphatic carbocycles. The number of rotatable bonds is 4. The molecule has 0 amide bonds. The summed E-state index contributed by atoms with van der Waals surface area (Å²) >= 11 is 6.32. The molecule has 2 heteroatoms. The summed E-state index contributed by atoms with van der Waals surface area (Å²) in [6, 6.07) is 29.2. The Labute approximate surface area is 142 Å². The molecule has 108 valence electrons. The van der Waals surface area contributed by atoms with Gasteiger partial charge in [-0.2, -0.15) is 0 Å². The van der Waals surface area contributed by atoms with Crippen LogP contribution >= 0.6 is 11.6 Å². The zero-order valence-corrected chi connectivity index (χ0v) is 14.4. The van der Waals surface area contributed by atoms with Crippen LogP contribution in [0.2, 0.25) is 5.02 Å². The Hall–Kier alpha value is -1.79. The fourth-order valence-electron chi connectivity index (χ4n) is 2.18. The van der Waals surface area contributed by atoms with Crippen LogP contribution in [0.4, 0.5) is 0 Å². The van der Waals surface area contributed by atoms with E-state index >= 15 is 0 Å². The average molecular weight is 370 g/mol. The van der Waals surface area contributed by atoms with E-state index in [4.69, 9.17) is 11.6 Å². The molecule has 22 heavy (non-hydrogen) atoms. The molecule has 3 rings (SSSR count). The minimum atomic E-state index is 0.298. The van der Waals surface area contributed by atoms with E-state index in [-0.39, 0.29) is 0 Å². The van der Waals surface area contributed by atoms with Crippen LogP contribution in [0.5, 0.6) is 0 Å². The van der Waals surface area contributed by atoms with Crippen molar-refractivity contribution in [2.45, 2.75) is 0 Å². The van der Waals surface area contributed by atoms with Gasteiger partial charge in [0.05, 0.1) is 0 Å². The Morgan fingerprint density at radius 3 is 1.86 bits per heavy atom. The van der Waals surface area contributed by atoms with Gasteiger partial charge < -0.3 is 0 Å². The summed E-state index contributed by atoms with van der Waals surface area (Å²) in [6.07, 6.45) is 0. The second-order valence-electron chi connectivity index (χ2n) is 4.84. The molecule has 0 saturated carbocycles. The second kappa shape index (κ2) is 7.47. The topological polar surface area (TPSA) is 0 Å². The molecule has 0 fully saturated rings. The molecular formula is C20H15ClSe. The number of benzene rings is 3. The van der Waals surface area contributed by atoms with Gasteiger partial charge in [0.15, 0.2) is 0 Å². The molecule has 3 aromatic rings. The quantitative estimate of drug-likeness (QED) is 0.582. The van der Waals surface area contributed by atoms with Crippen molar-refractivity contribution in [2.75, 3.05) is 0 Å². The van der Waals surface area contributed by atoms with E-state index in [1.807, 2.05) is 18.2 Å². The van der Waals surface area contributed by atoms with Crippen molar-refractivity contribution >= 4 is 36.6 Å². The van der Waals surface area contributed by atoms with Crippen LogP contribution in [0.25, 0.3) is 5.57 Å². The number of halogens is 1. The molecule has 0 aliphatic heterocycles. The van der Waals surface area contributed by atoms with Crippen LogP contribution in [0, 0.1) is 0 Å². The number of hydrogen-bond acceptors (Lipinski definition) is 0. The third-order valence-corrected chi connectivity index (χ3v) is 5.43. The average Bonchev–Trinajstić information content (AvgIpc) is 2.58. The summed E-state index contributed by atoms with van der Waals surface area (Å²) in [5, 5.41) is 0.768. The second-order valence-corrected chi connectivity index (χ2v) is 7.25. The van der Waals surface area contributed by atoms with Gasteiger partial charge in [0.1, 0.15) is 0 Å². The fourth-order valence-corrected chi connectivity index (χ4v) is 4.07. The van der Waals surface area contributed by atoms with E-state index in [0.717, 1.165) is 5.02 Å². The fraction of sp³-hybridized carbons (Fsp3) is 0. The summed E-state index contributed by atoms with van der Waals surface area (Å²) in [7, 11) is 0. The molecule has 0 spiro atoms. The van der Waals surface area contributed by atoms with E-state index in [2.05, 4.69) is 71.7 Å². The molecule has 0 aromatic heterocycles. The van der Waals surface area contributed by atoms with Crippen molar-refractivity contribution in [3.05, 3.63) is 106 Å². The van der Waals surface area contributed by atoms with Crippen molar-refractivity contribution in [3.63, 3.8) is 0 Å². The van der Waals surface area contributed by atoms with E-state index in [0.29, 0.717) is 15.0 Å². The molecule has 0 saturated heterocycles. The maximum absolute atomic E-state index is 6.02. The Bertz CT molecular complexity index is 747. The summed E-state index contributed by atoms with van der Waals surface area (Å²) < 4.78 is 1.37. The standard InChI is InChI=1S/C20H15ClSe/c21-18-13-11-17(12-14-18)20(16-7-3-1-4-8-16)15-22-19-9-5-2-6-10-19/h1-15H. The van der Waals surface area contributed by atoms with Gasteiger partial charge in [-0.15, -0.1) is 0 Å². The maximum atomic E-state index is 6.02. The predicted molar refractivity (Wildman–Crippen MR) is 96.8 cm³/mol. The van der Waals surface area contributed by atoms with Gasteiger partial charge in [-0.3, -0.25) is 0 Å². The van der Waals surface area contributed by atoms with Crippen molar-refractivity contribution in [1.29, 1.82) is 0 Å². The first-order valence-electron chi connectivity index (χ1n) is 7.06. The van der Waals surface area contributed by atoms with Gasteiger partial charge in [-0.25, -0.2) is 0 Å². The first kappa shape index (κ1) is 15.1. The minimum absolute atomic E-state index is 0.298. The molecule has 0 heterocycles. The summed E-state index contributed by atoms with van der Waals surface area (Å²) in [5.74, 6) is 0. The van der Waals surface area contributed by atoms with Crippen LogP contribution in [-0.4, -0.2) is 15.0 Å².